The van der Waals surface area contributed by atoms with Gasteiger partial charge in [-0.15, -0.1) is 0 Å². The fourth-order valence-electron chi connectivity index (χ4n) is 2.54. The normalized spacial score (nSPS) is 11.5. The first-order chi connectivity index (χ1) is 11.2. The van der Waals surface area contributed by atoms with Gasteiger partial charge in [-0.05, 0) is 49.6 Å². The Morgan fingerprint density at radius 1 is 1.21 bits per heavy atom. The standard InChI is InChI=1S/C17H23N3O3S/c1-12-10-15(13(2)20(12)3)11-17(21)19-9-8-14-4-6-16(7-5-14)24(18,22)23/h4-7,10H,8-9,11H2,1-3H3,(H,19,21)(H2,18,22,23). The molecule has 7 heteroatoms. The number of primary sulfonamides is 1. The predicted octanol–water partition coefficient (Wildman–Crippen LogP) is 1.19. The minimum Gasteiger partial charge on any atom is -0.355 e. The Bertz CT molecular complexity index is 837. The SMILES string of the molecule is Cc1cc(CC(=O)NCCc2ccc(S(N)(=O)=O)cc2)c(C)n1C. The highest BCUT2D eigenvalue weighted by molar-refractivity contribution is 7.89. The van der Waals surface area contributed by atoms with Crippen molar-refractivity contribution in [3.05, 3.63) is 52.8 Å². The first-order valence-electron chi connectivity index (χ1n) is 7.68. The van der Waals surface area contributed by atoms with Crippen LogP contribution in [-0.4, -0.2) is 25.4 Å². The highest BCUT2D eigenvalue weighted by Crippen LogP contribution is 2.13. The quantitative estimate of drug-likeness (QED) is 0.820. The maximum Gasteiger partial charge on any atom is 0.238 e. The van der Waals surface area contributed by atoms with E-state index in [4.69, 9.17) is 5.14 Å². The Balaban J connectivity index is 1.85. The predicted molar refractivity (Wildman–Crippen MR) is 93.1 cm³/mol. The zero-order valence-electron chi connectivity index (χ0n) is 14.2. The summed E-state index contributed by atoms with van der Waals surface area (Å²) in [6.07, 6.45) is 0.987. The Morgan fingerprint density at radius 3 is 2.33 bits per heavy atom. The average molecular weight is 349 g/mol. The Hall–Kier alpha value is -2.12. The van der Waals surface area contributed by atoms with Crippen molar-refractivity contribution in [2.45, 2.75) is 31.6 Å². The molecule has 0 fully saturated rings. The molecule has 0 radical (unpaired) electrons. The molecule has 2 aromatic rings. The summed E-state index contributed by atoms with van der Waals surface area (Å²) in [5.41, 5.74) is 4.20. The summed E-state index contributed by atoms with van der Waals surface area (Å²) in [5, 5.41) is 7.95. The van der Waals surface area contributed by atoms with Gasteiger partial charge in [-0.3, -0.25) is 4.79 Å². The van der Waals surface area contributed by atoms with Gasteiger partial charge >= 0.3 is 0 Å². The summed E-state index contributed by atoms with van der Waals surface area (Å²) in [6, 6.07) is 8.39. The Kier molecular flexibility index (Phi) is 5.46. The van der Waals surface area contributed by atoms with E-state index < -0.39 is 10.0 Å². The van der Waals surface area contributed by atoms with Crippen molar-refractivity contribution in [2.75, 3.05) is 6.54 Å². The number of aromatic nitrogens is 1. The molecule has 0 aliphatic heterocycles. The van der Waals surface area contributed by atoms with Crippen molar-refractivity contribution in [3.8, 4) is 0 Å². The molecule has 0 saturated heterocycles. The van der Waals surface area contributed by atoms with E-state index >= 15 is 0 Å². The van der Waals surface area contributed by atoms with Crippen LogP contribution >= 0.6 is 0 Å². The summed E-state index contributed by atoms with van der Waals surface area (Å²) in [5.74, 6) is -0.0233. The minimum atomic E-state index is -3.67. The monoisotopic (exact) mass is 349 g/mol. The van der Waals surface area contributed by atoms with E-state index in [0.717, 1.165) is 22.5 Å². The zero-order valence-corrected chi connectivity index (χ0v) is 15.0. The van der Waals surface area contributed by atoms with Crippen LogP contribution in [0, 0.1) is 13.8 Å². The second kappa shape index (κ2) is 7.19. The molecule has 3 N–H and O–H groups in total. The maximum atomic E-state index is 12.0. The number of nitrogens with zero attached hydrogens (tertiary/aromatic N) is 1. The molecule has 130 valence electrons. The number of hydrogen-bond acceptors (Lipinski definition) is 3. The number of sulfonamides is 1. The maximum absolute atomic E-state index is 12.0. The van der Waals surface area contributed by atoms with E-state index in [1.807, 2.05) is 27.0 Å². The summed E-state index contributed by atoms with van der Waals surface area (Å²) in [4.78, 5) is 12.1. The number of rotatable bonds is 6. The minimum absolute atomic E-state index is 0.0233. The van der Waals surface area contributed by atoms with E-state index in [0.29, 0.717) is 19.4 Å². The largest absolute Gasteiger partial charge is 0.355 e. The van der Waals surface area contributed by atoms with Gasteiger partial charge in [0, 0.05) is 25.0 Å². The van der Waals surface area contributed by atoms with Crippen LogP contribution in [0.5, 0.6) is 0 Å². The van der Waals surface area contributed by atoms with Crippen LogP contribution in [0.25, 0.3) is 0 Å². The molecule has 0 saturated carbocycles. The summed E-state index contributed by atoms with van der Waals surface area (Å²) in [6.45, 7) is 4.51. The van der Waals surface area contributed by atoms with Crippen LogP contribution in [0.3, 0.4) is 0 Å². The highest BCUT2D eigenvalue weighted by atomic mass is 32.2. The molecule has 0 atom stereocenters. The fraction of sp³-hybridized carbons (Fsp3) is 0.353. The van der Waals surface area contributed by atoms with Crippen LogP contribution in [0.4, 0.5) is 0 Å². The van der Waals surface area contributed by atoms with Gasteiger partial charge in [-0.25, -0.2) is 13.6 Å². The molecule has 1 heterocycles. The number of aryl methyl sites for hydroxylation is 1. The van der Waals surface area contributed by atoms with Gasteiger partial charge in [-0.1, -0.05) is 12.1 Å². The summed E-state index contributed by atoms with van der Waals surface area (Å²) in [7, 11) is -1.68. The molecular weight excluding hydrogens is 326 g/mol. The van der Waals surface area contributed by atoms with Gasteiger partial charge in [0.05, 0.1) is 11.3 Å². The van der Waals surface area contributed by atoms with Crippen molar-refractivity contribution in [1.82, 2.24) is 9.88 Å². The van der Waals surface area contributed by atoms with E-state index in [-0.39, 0.29) is 10.8 Å². The number of hydrogen-bond donors (Lipinski definition) is 2. The molecular formula is C17H23N3O3S. The van der Waals surface area contributed by atoms with E-state index in [1.54, 1.807) is 12.1 Å². The van der Waals surface area contributed by atoms with E-state index in [1.165, 1.54) is 12.1 Å². The van der Waals surface area contributed by atoms with Gasteiger partial charge in [0.25, 0.3) is 0 Å². The third kappa shape index (κ3) is 4.46. The first kappa shape index (κ1) is 18.2. The number of carbonyl (C=O) groups excluding carboxylic acids is 1. The van der Waals surface area contributed by atoms with Gasteiger partial charge in [0.2, 0.25) is 15.9 Å². The number of amides is 1. The second-order valence-corrected chi connectivity index (χ2v) is 7.48. The number of benzene rings is 1. The number of carbonyl (C=O) groups is 1. The summed E-state index contributed by atoms with van der Waals surface area (Å²) >= 11 is 0. The van der Waals surface area contributed by atoms with Crippen LogP contribution in [0.15, 0.2) is 35.2 Å². The van der Waals surface area contributed by atoms with Gasteiger partial charge in [0.15, 0.2) is 0 Å². The number of nitrogens with one attached hydrogen (secondary N) is 1. The average Bonchev–Trinajstić information content (AvgIpc) is 2.74. The van der Waals surface area contributed by atoms with Crippen molar-refractivity contribution >= 4 is 15.9 Å². The van der Waals surface area contributed by atoms with Crippen molar-refractivity contribution in [2.24, 2.45) is 12.2 Å². The lowest BCUT2D eigenvalue weighted by Gasteiger charge is -2.06. The molecule has 1 amide bonds. The van der Waals surface area contributed by atoms with Crippen LogP contribution in [0.1, 0.15) is 22.5 Å². The molecule has 0 aliphatic rings. The lowest BCUT2D eigenvalue weighted by atomic mass is 10.1. The molecule has 0 unspecified atom stereocenters. The second-order valence-electron chi connectivity index (χ2n) is 5.92. The molecule has 6 nitrogen and oxygen atoms in total. The Labute approximate surface area is 142 Å². The molecule has 0 bridgehead atoms. The van der Waals surface area contributed by atoms with E-state index in [2.05, 4.69) is 9.88 Å². The van der Waals surface area contributed by atoms with Gasteiger partial charge in [-0.2, -0.15) is 0 Å². The Morgan fingerprint density at radius 2 is 1.83 bits per heavy atom. The molecule has 1 aromatic heterocycles. The topological polar surface area (TPSA) is 94.2 Å². The molecule has 0 aliphatic carbocycles. The lowest BCUT2D eigenvalue weighted by molar-refractivity contribution is -0.120. The van der Waals surface area contributed by atoms with E-state index in [9.17, 15) is 13.2 Å². The van der Waals surface area contributed by atoms with Crippen molar-refractivity contribution < 1.29 is 13.2 Å². The molecule has 24 heavy (non-hydrogen) atoms. The fourth-order valence-corrected chi connectivity index (χ4v) is 3.06. The summed E-state index contributed by atoms with van der Waals surface area (Å²) < 4.78 is 24.5. The third-order valence-electron chi connectivity index (χ3n) is 4.22. The van der Waals surface area contributed by atoms with Crippen LogP contribution in [-0.2, 0) is 34.7 Å². The number of nitrogens with two attached hydrogens (primary N) is 1. The highest BCUT2D eigenvalue weighted by Gasteiger charge is 2.10. The van der Waals surface area contributed by atoms with Crippen molar-refractivity contribution in [3.63, 3.8) is 0 Å². The van der Waals surface area contributed by atoms with Gasteiger partial charge in [0.1, 0.15) is 0 Å². The van der Waals surface area contributed by atoms with Crippen LogP contribution < -0.4 is 10.5 Å². The zero-order chi connectivity index (χ0) is 17.9. The lowest BCUT2D eigenvalue weighted by Crippen LogP contribution is -2.27. The third-order valence-corrected chi connectivity index (χ3v) is 5.15. The molecule has 1 aromatic carbocycles. The first-order valence-corrected chi connectivity index (χ1v) is 9.23. The molecule has 0 spiro atoms. The van der Waals surface area contributed by atoms with Crippen LogP contribution in [0.2, 0.25) is 0 Å². The molecule has 2 rings (SSSR count). The smallest absolute Gasteiger partial charge is 0.238 e. The van der Waals surface area contributed by atoms with Gasteiger partial charge < -0.3 is 9.88 Å². The van der Waals surface area contributed by atoms with Crippen molar-refractivity contribution in [1.29, 1.82) is 0 Å².